The van der Waals surface area contributed by atoms with Crippen molar-refractivity contribution < 1.29 is 17.4 Å². The zero-order valence-electron chi connectivity index (χ0n) is 7.26. The zero-order chi connectivity index (χ0) is 5.70. The Labute approximate surface area is 68.1 Å². The Bertz CT molecular complexity index is 40.0. The number of ether oxygens (including phenoxy) is 2. The van der Waals surface area contributed by atoms with Crippen LogP contribution in [0.2, 0.25) is 0 Å². The van der Waals surface area contributed by atoms with E-state index in [0.29, 0.717) is 0 Å². The number of hydrogen-bond acceptors (Lipinski definition) is 3. The second-order valence-electron chi connectivity index (χ2n) is 1.08. The van der Waals surface area contributed by atoms with Crippen molar-refractivity contribution in [1.82, 2.24) is 0 Å². The van der Waals surface area contributed by atoms with Gasteiger partial charge in [0, 0.05) is 14.2 Å². The van der Waals surface area contributed by atoms with Crippen LogP contribution in [0.3, 0.4) is 0 Å². The van der Waals surface area contributed by atoms with Gasteiger partial charge in [-0.2, -0.15) is 0 Å². The molecule has 4 heteroatoms. The van der Waals surface area contributed by atoms with Crippen molar-refractivity contribution in [3.8, 4) is 0 Å². The average molecular weight is 132 g/mol. The largest absolute Gasteiger partial charge is 2.00 e. The first kappa shape index (κ1) is 11.4. The molecule has 0 atom stereocenters. The van der Waals surface area contributed by atoms with Gasteiger partial charge in [0.25, 0.3) is 0 Å². The van der Waals surface area contributed by atoms with Gasteiger partial charge in [-0.3, -0.25) is 0 Å². The molecule has 0 aliphatic carbocycles. The minimum atomic E-state index is -0.458. The van der Waals surface area contributed by atoms with Gasteiger partial charge >= 0.3 is 23.1 Å². The molecule has 0 rings (SSSR count). The summed E-state index contributed by atoms with van der Waals surface area (Å²) in [6.07, 6.45) is -0.458. The summed E-state index contributed by atoms with van der Waals surface area (Å²) >= 11 is 0. The smallest absolute Gasteiger partial charge is 1.00 e. The van der Waals surface area contributed by atoms with Crippen molar-refractivity contribution >= 4 is 23.1 Å². The normalized spacial score (nSPS) is 9.00. The van der Waals surface area contributed by atoms with Crippen LogP contribution < -0.4 is 0 Å². The molecule has 0 spiro atoms. The van der Waals surface area contributed by atoms with Crippen LogP contribution in [-0.2, 0) is 9.47 Å². The van der Waals surface area contributed by atoms with Crippen molar-refractivity contribution in [3.63, 3.8) is 0 Å². The van der Waals surface area contributed by atoms with Crippen molar-refractivity contribution in [3.05, 3.63) is 0 Å². The molecule has 0 saturated carbocycles. The average Bonchev–Trinajstić information content (AvgIpc) is 1.72. The molecule has 0 aliphatic heterocycles. The first-order valence-electron chi connectivity index (χ1n) is 2.01. The molecule has 0 aromatic rings. The summed E-state index contributed by atoms with van der Waals surface area (Å²) in [4.78, 5) is 0. The number of hydrogen-bond donors (Lipinski definition) is 1. The Morgan fingerprint density at radius 2 is 1.88 bits per heavy atom. The molecule has 0 aromatic carbocycles. The van der Waals surface area contributed by atoms with Gasteiger partial charge in [0.1, 0.15) is 0 Å². The number of aliphatic hydroxyl groups is 1. The monoisotopic (exact) mass is 132 g/mol. The standard InChI is InChI=1S/C4H10O3.Mg.2H/c1-6-4(3-5)7-2;;;/h4-5H,3H2,1-2H3;;;/q;+2;2*-1. The Morgan fingerprint density at radius 3 is 1.88 bits per heavy atom. The van der Waals surface area contributed by atoms with Gasteiger partial charge in [-0.1, -0.05) is 0 Å². The van der Waals surface area contributed by atoms with Gasteiger partial charge in [0.05, 0.1) is 6.61 Å². The van der Waals surface area contributed by atoms with E-state index in [0.717, 1.165) is 0 Å². The third kappa shape index (κ3) is 4.80. The number of aliphatic hydroxyl groups excluding tert-OH is 1. The summed E-state index contributed by atoms with van der Waals surface area (Å²) in [5, 5.41) is 8.28. The van der Waals surface area contributed by atoms with Gasteiger partial charge in [-0.05, 0) is 0 Å². The Hall–Kier alpha value is 0.646. The summed E-state index contributed by atoms with van der Waals surface area (Å²) in [5.74, 6) is 0. The quantitative estimate of drug-likeness (QED) is 0.413. The summed E-state index contributed by atoms with van der Waals surface area (Å²) in [5.41, 5.74) is 0. The fourth-order valence-corrected chi connectivity index (χ4v) is 0.245. The van der Waals surface area contributed by atoms with Crippen molar-refractivity contribution in [1.29, 1.82) is 0 Å². The third-order valence-electron chi connectivity index (χ3n) is 0.675. The summed E-state index contributed by atoms with van der Waals surface area (Å²) in [7, 11) is 2.95. The number of methoxy groups -OCH3 is 2. The molecule has 0 radical (unpaired) electrons. The van der Waals surface area contributed by atoms with E-state index in [4.69, 9.17) is 5.11 Å². The van der Waals surface area contributed by atoms with E-state index in [9.17, 15) is 0 Å². The third-order valence-corrected chi connectivity index (χ3v) is 0.675. The predicted molar refractivity (Wildman–Crippen MR) is 32.9 cm³/mol. The van der Waals surface area contributed by atoms with Crippen molar-refractivity contribution in [2.24, 2.45) is 0 Å². The molecule has 0 saturated heterocycles. The fraction of sp³-hybridized carbons (Fsp3) is 1.00. The molecule has 0 aromatic heterocycles. The van der Waals surface area contributed by atoms with Crippen LogP contribution in [-0.4, -0.2) is 55.3 Å². The maximum atomic E-state index is 8.28. The fourth-order valence-electron chi connectivity index (χ4n) is 0.245. The molecule has 0 heterocycles. The summed E-state index contributed by atoms with van der Waals surface area (Å²) in [6, 6.07) is 0. The van der Waals surface area contributed by atoms with Gasteiger partial charge in [0.2, 0.25) is 0 Å². The summed E-state index contributed by atoms with van der Waals surface area (Å²) in [6.45, 7) is -0.0903. The zero-order valence-corrected chi connectivity index (χ0v) is 6.67. The molecular formula is C4H12MgO3. The van der Waals surface area contributed by atoms with Gasteiger partial charge in [0.15, 0.2) is 6.29 Å². The van der Waals surface area contributed by atoms with Crippen LogP contribution in [0.4, 0.5) is 0 Å². The van der Waals surface area contributed by atoms with E-state index in [1.165, 1.54) is 14.2 Å². The van der Waals surface area contributed by atoms with Crippen LogP contribution in [0.25, 0.3) is 0 Å². The van der Waals surface area contributed by atoms with Crippen LogP contribution in [0.5, 0.6) is 0 Å². The minimum Gasteiger partial charge on any atom is -1.00 e. The van der Waals surface area contributed by atoms with Gasteiger partial charge in [-0.15, -0.1) is 0 Å². The molecule has 0 fully saturated rings. The topological polar surface area (TPSA) is 38.7 Å². The first-order chi connectivity index (χ1) is 3.35. The SMILES string of the molecule is COC(CO)OC.[H-].[H-].[Mg+2]. The molecule has 0 unspecified atom stereocenters. The maximum Gasteiger partial charge on any atom is 2.00 e. The van der Waals surface area contributed by atoms with Gasteiger partial charge in [-0.25, -0.2) is 0 Å². The van der Waals surface area contributed by atoms with Crippen LogP contribution >= 0.6 is 0 Å². The van der Waals surface area contributed by atoms with Crippen LogP contribution in [0, 0.1) is 0 Å². The van der Waals surface area contributed by atoms with Crippen LogP contribution in [0.15, 0.2) is 0 Å². The molecule has 0 amide bonds. The predicted octanol–water partition coefficient (Wildman–Crippen LogP) is -0.558. The molecule has 0 bridgehead atoms. The van der Waals surface area contributed by atoms with E-state index in [2.05, 4.69) is 9.47 Å². The van der Waals surface area contributed by atoms with E-state index < -0.39 is 6.29 Å². The Morgan fingerprint density at radius 1 is 1.50 bits per heavy atom. The first-order valence-corrected chi connectivity index (χ1v) is 2.01. The van der Waals surface area contributed by atoms with E-state index in [1.54, 1.807) is 0 Å². The van der Waals surface area contributed by atoms with E-state index in [-0.39, 0.29) is 32.5 Å². The molecule has 3 nitrogen and oxygen atoms in total. The number of rotatable bonds is 3. The van der Waals surface area contributed by atoms with Crippen molar-refractivity contribution in [2.75, 3.05) is 20.8 Å². The molecule has 1 N–H and O–H groups in total. The second kappa shape index (κ2) is 7.65. The Balaban J connectivity index is -0.0000000600. The maximum absolute atomic E-state index is 8.28. The second-order valence-corrected chi connectivity index (χ2v) is 1.08. The van der Waals surface area contributed by atoms with Crippen LogP contribution in [0.1, 0.15) is 2.85 Å². The molecule has 8 heavy (non-hydrogen) atoms. The summed E-state index contributed by atoms with van der Waals surface area (Å²) < 4.78 is 9.15. The minimum absolute atomic E-state index is 0. The van der Waals surface area contributed by atoms with E-state index in [1.807, 2.05) is 0 Å². The van der Waals surface area contributed by atoms with E-state index >= 15 is 0 Å². The van der Waals surface area contributed by atoms with Gasteiger partial charge < -0.3 is 17.4 Å². The molecule has 0 aliphatic rings. The molecule has 48 valence electrons. The molecular weight excluding hydrogens is 120 g/mol. The van der Waals surface area contributed by atoms with Crippen molar-refractivity contribution in [2.45, 2.75) is 6.29 Å². The Kier molecular flexibility index (Phi) is 10.9.